The summed E-state index contributed by atoms with van der Waals surface area (Å²) in [5.74, 6) is 0. The number of aryl methyl sites for hydroxylation is 2. The first-order valence-corrected chi connectivity index (χ1v) is 7.02. The molecule has 0 saturated carbocycles. The molecule has 0 amide bonds. The standard InChI is InChI=1S/C15H14Cl2N2/c16-13-7-11(18)8-14(17)15(13)19-12-5-4-9-2-1-3-10(9)6-12/h4-8,19H,1-3,18H2. The maximum absolute atomic E-state index is 6.18. The smallest absolute Gasteiger partial charge is 0.0764 e. The molecular weight excluding hydrogens is 279 g/mol. The molecule has 1 aliphatic carbocycles. The van der Waals surface area contributed by atoms with Gasteiger partial charge in [-0.05, 0) is 54.7 Å². The first-order valence-electron chi connectivity index (χ1n) is 6.27. The molecular formula is C15H14Cl2N2. The van der Waals surface area contributed by atoms with Crippen molar-refractivity contribution in [3.63, 3.8) is 0 Å². The third-order valence-electron chi connectivity index (χ3n) is 3.43. The van der Waals surface area contributed by atoms with Crippen LogP contribution in [0.1, 0.15) is 17.5 Å². The van der Waals surface area contributed by atoms with Crippen molar-refractivity contribution >= 4 is 40.3 Å². The fourth-order valence-electron chi connectivity index (χ4n) is 2.51. The molecule has 0 unspecified atom stereocenters. The van der Waals surface area contributed by atoms with Gasteiger partial charge < -0.3 is 11.1 Å². The van der Waals surface area contributed by atoms with E-state index in [1.807, 2.05) is 0 Å². The van der Waals surface area contributed by atoms with Crippen LogP contribution in [0.5, 0.6) is 0 Å². The topological polar surface area (TPSA) is 38.0 Å². The Hall–Kier alpha value is -1.38. The van der Waals surface area contributed by atoms with Gasteiger partial charge in [-0.25, -0.2) is 0 Å². The molecule has 0 aromatic heterocycles. The number of nitrogens with two attached hydrogens (primary N) is 1. The molecule has 4 heteroatoms. The lowest BCUT2D eigenvalue weighted by Gasteiger charge is -2.12. The van der Waals surface area contributed by atoms with Crippen molar-refractivity contribution in [3.05, 3.63) is 51.5 Å². The average molecular weight is 293 g/mol. The number of nitrogens with one attached hydrogen (secondary N) is 1. The Balaban J connectivity index is 1.93. The summed E-state index contributed by atoms with van der Waals surface area (Å²) in [7, 11) is 0. The Morgan fingerprint density at radius 3 is 2.37 bits per heavy atom. The summed E-state index contributed by atoms with van der Waals surface area (Å²) < 4.78 is 0. The quantitative estimate of drug-likeness (QED) is 0.780. The van der Waals surface area contributed by atoms with Crippen molar-refractivity contribution in [2.24, 2.45) is 0 Å². The second-order valence-electron chi connectivity index (χ2n) is 4.82. The molecule has 0 atom stereocenters. The van der Waals surface area contributed by atoms with Crippen molar-refractivity contribution in [3.8, 4) is 0 Å². The Morgan fingerprint density at radius 2 is 1.63 bits per heavy atom. The summed E-state index contributed by atoms with van der Waals surface area (Å²) in [6.07, 6.45) is 3.56. The van der Waals surface area contributed by atoms with Gasteiger partial charge in [-0.1, -0.05) is 29.3 Å². The zero-order valence-corrected chi connectivity index (χ0v) is 11.9. The van der Waals surface area contributed by atoms with E-state index in [1.165, 1.54) is 24.0 Å². The minimum absolute atomic E-state index is 0.533. The monoisotopic (exact) mass is 292 g/mol. The normalized spacial score (nSPS) is 13.4. The first kappa shape index (κ1) is 12.6. The van der Waals surface area contributed by atoms with Crippen LogP contribution in [0.2, 0.25) is 10.0 Å². The van der Waals surface area contributed by atoms with Crippen molar-refractivity contribution in [1.29, 1.82) is 0 Å². The number of anilines is 3. The molecule has 2 nitrogen and oxygen atoms in total. The number of halogens is 2. The Bertz CT molecular complexity index is 615. The highest BCUT2D eigenvalue weighted by molar-refractivity contribution is 6.39. The van der Waals surface area contributed by atoms with Gasteiger partial charge in [0.2, 0.25) is 0 Å². The Labute approximate surface area is 122 Å². The first-order chi connectivity index (χ1) is 9.13. The highest BCUT2D eigenvalue weighted by Gasteiger charge is 2.12. The van der Waals surface area contributed by atoms with Gasteiger partial charge in [0.05, 0.1) is 15.7 Å². The molecule has 0 fully saturated rings. The van der Waals surface area contributed by atoms with E-state index in [0.717, 1.165) is 12.1 Å². The second-order valence-corrected chi connectivity index (χ2v) is 5.64. The SMILES string of the molecule is Nc1cc(Cl)c(Nc2ccc3c(c2)CCC3)c(Cl)c1. The second kappa shape index (κ2) is 4.95. The van der Waals surface area contributed by atoms with Gasteiger partial charge in [-0.3, -0.25) is 0 Å². The van der Waals surface area contributed by atoms with E-state index in [0.29, 0.717) is 21.4 Å². The number of benzene rings is 2. The third-order valence-corrected chi connectivity index (χ3v) is 4.03. The third kappa shape index (κ3) is 2.51. The molecule has 1 aliphatic rings. The molecule has 3 rings (SSSR count). The van der Waals surface area contributed by atoms with Crippen molar-refractivity contribution in [2.45, 2.75) is 19.3 Å². The van der Waals surface area contributed by atoms with Gasteiger partial charge in [-0.2, -0.15) is 0 Å². The Morgan fingerprint density at radius 1 is 0.947 bits per heavy atom. The zero-order valence-electron chi connectivity index (χ0n) is 10.3. The van der Waals surface area contributed by atoms with Gasteiger partial charge in [0.15, 0.2) is 0 Å². The summed E-state index contributed by atoms with van der Waals surface area (Å²) in [5, 5.41) is 4.34. The Kier molecular flexibility index (Phi) is 3.29. The molecule has 0 saturated heterocycles. The zero-order chi connectivity index (χ0) is 13.4. The van der Waals surface area contributed by atoms with E-state index in [1.54, 1.807) is 12.1 Å². The molecule has 0 aliphatic heterocycles. The summed E-state index contributed by atoms with van der Waals surface area (Å²) in [5.41, 5.74) is 10.8. The lowest BCUT2D eigenvalue weighted by molar-refractivity contribution is 0.912. The van der Waals surface area contributed by atoms with E-state index in [9.17, 15) is 0 Å². The fourth-order valence-corrected chi connectivity index (χ4v) is 3.10. The van der Waals surface area contributed by atoms with E-state index < -0.39 is 0 Å². The van der Waals surface area contributed by atoms with E-state index >= 15 is 0 Å². The maximum atomic E-state index is 6.18. The predicted molar refractivity (Wildman–Crippen MR) is 82.6 cm³/mol. The van der Waals surface area contributed by atoms with Crippen LogP contribution in [0.4, 0.5) is 17.1 Å². The number of hydrogen-bond acceptors (Lipinski definition) is 2. The van der Waals surface area contributed by atoms with E-state index in [4.69, 9.17) is 28.9 Å². The number of hydrogen-bond donors (Lipinski definition) is 2. The minimum Gasteiger partial charge on any atom is -0.399 e. The van der Waals surface area contributed by atoms with Gasteiger partial charge in [-0.15, -0.1) is 0 Å². The van der Waals surface area contributed by atoms with Gasteiger partial charge in [0, 0.05) is 11.4 Å². The number of nitrogen functional groups attached to an aromatic ring is 1. The van der Waals surface area contributed by atoms with Crippen molar-refractivity contribution < 1.29 is 0 Å². The molecule has 0 bridgehead atoms. The van der Waals surface area contributed by atoms with Crippen LogP contribution in [0, 0.1) is 0 Å². The summed E-state index contributed by atoms with van der Waals surface area (Å²) >= 11 is 12.4. The molecule has 98 valence electrons. The van der Waals surface area contributed by atoms with E-state index in [2.05, 4.69) is 23.5 Å². The largest absolute Gasteiger partial charge is 0.399 e. The van der Waals surface area contributed by atoms with Crippen molar-refractivity contribution in [2.75, 3.05) is 11.1 Å². The maximum Gasteiger partial charge on any atom is 0.0764 e. The molecule has 0 radical (unpaired) electrons. The van der Waals surface area contributed by atoms with Gasteiger partial charge >= 0.3 is 0 Å². The molecule has 0 heterocycles. The molecule has 2 aromatic rings. The van der Waals surface area contributed by atoms with Crippen LogP contribution in [0.3, 0.4) is 0 Å². The van der Waals surface area contributed by atoms with Crippen LogP contribution >= 0.6 is 23.2 Å². The van der Waals surface area contributed by atoms with E-state index in [-0.39, 0.29) is 0 Å². The predicted octanol–water partition coefficient (Wildman–Crippen LogP) is 4.81. The van der Waals surface area contributed by atoms with Gasteiger partial charge in [0.1, 0.15) is 0 Å². The summed E-state index contributed by atoms with van der Waals surface area (Å²) in [6, 6.07) is 9.80. The molecule has 2 aromatic carbocycles. The highest BCUT2D eigenvalue weighted by atomic mass is 35.5. The highest BCUT2D eigenvalue weighted by Crippen LogP contribution is 2.36. The number of rotatable bonds is 2. The fraction of sp³-hybridized carbons (Fsp3) is 0.200. The average Bonchev–Trinajstić information content (AvgIpc) is 2.81. The summed E-state index contributed by atoms with van der Waals surface area (Å²) in [4.78, 5) is 0. The van der Waals surface area contributed by atoms with Crippen LogP contribution in [-0.4, -0.2) is 0 Å². The number of fused-ring (bicyclic) bond motifs is 1. The lowest BCUT2D eigenvalue weighted by Crippen LogP contribution is -1.95. The van der Waals surface area contributed by atoms with Crippen LogP contribution in [-0.2, 0) is 12.8 Å². The molecule has 3 N–H and O–H groups in total. The van der Waals surface area contributed by atoms with Crippen LogP contribution in [0.25, 0.3) is 0 Å². The molecule has 19 heavy (non-hydrogen) atoms. The van der Waals surface area contributed by atoms with Gasteiger partial charge in [0.25, 0.3) is 0 Å². The van der Waals surface area contributed by atoms with Crippen molar-refractivity contribution in [1.82, 2.24) is 0 Å². The lowest BCUT2D eigenvalue weighted by atomic mass is 10.1. The van der Waals surface area contributed by atoms with Crippen LogP contribution in [0.15, 0.2) is 30.3 Å². The molecule has 0 spiro atoms. The minimum atomic E-state index is 0.533. The summed E-state index contributed by atoms with van der Waals surface area (Å²) in [6.45, 7) is 0. The van der Waals surface area contributed by atoms with Crippen LogP contribution < -0.4 is 11.1 Å².